The number of hydrogen-bond donors (Lipinski definition) is 1. The minimum Gasteiger partial charge on any atom is -0.372 e. The van der Waals surface area contributed by atoms with E-state index in [1.165, 1.54) is 12.1 Å². The lowest BCUT2D eigenvalue weighted by Gasteiger charge is -2.34. The van der Waals surface area contributed by atoms with E-state index < -0.39 is 22.8 Å². The van der Waals surface area contributed by atoms with Crippen LogP contribution in [-0.2, 0) is 14.8 Å². The number of hydrogen-bond acceptors (Lipinski definition) is 5. The number of alkyl halides is 3. The summed E-state index contributed by atoms with van der Waals surface area (Å²) in [6, 6.07) is 6.02. The fraction of sp³-hybridized carbons (Fsp3) is 0.632. The number of piperazine rings is 1. The fourth-order valence-electron chi connectivity index (χ4n) is 3.22. The molecule has 0 radical (unpaired) electrons. The summed E-state index contributed by atoms with van der Waals surface area (Å²) in [4.78, 5) is 16.6. The molecule has 1 aliphatic carbocycles. The maximum absolute atomic E-state index is 12.8. The molecule has 0 bridgehead atoms. The molecule has 0 spiro atoms. The lowest BCUT2D eigenvalue weighted by molar-refractivity contribution is -0.174. The standard InChI is InChI=1S/C19H26F3N3O4S/c20-19(21,22)14-29-12-2-7-24-8-10-25(11-9-24)18(26)15-3-1-4-17(13-15)30(27,28)23-16-5-6-16/h1,3-4,13,16,23H,2,5-12,14H2. The number of carbonyl (C=O) groups excluding carboxylic acids is 1. The van der Waals surface area contributed by atoms with Gasteiger partial charge in [0.2, 0.25) is 10.0 Å². The van der Waals surface area contributed by atoms with E-state index in [1.54, 1.807) is 17.0 Å². The molecule has 1 saturated carbocycles. The van der Waals surface area contributed by atoms with Gasteiger partial charge < -0.3 is 9.64 Å². The SMILES string of the molecule is O=C(c1cccc(S(=O)(=O)NC2CC2)c1)N1CCN(CCCOCC(F)(F)F)CC1. The maximum Gasteiger partial charge on any atom is 0.411 e. The third-order valence-electron chi connectivity index (χ3n) is 4.98. The monoisotopic (exact) mass is 449 g/mol. The first kappa shape index (κ1) is 23.0. The van der Waals surface area contributed by atoms with Crippen LogP contribution in [0.1, 0.15) is 29.6 Å². The largest absolute Gasteiger partial charge is 0.411 e. The highest BCUT2D eigenvalue weighted by atomic mass is 32.2. The van der Waals surface area contributed by atoms with Crippen molar-refractivity contribution in [2.45, 2.75) is 36.4 Å². The Bertz CT molecular complexity index is 836. The number of carbonyl (C=O) groups is 1. The average molecular weight is 449 g/mol. The Labute approximate surface area is 174 Å². The van der Waals surface area contributed by atoms with E-state index in [2.05, 4.69) is 14.4 Å². The van der Waals surface area contributed by atoms with E-state index >= 15 is 0 Å². The van der Waals surface area contributed by atoms with Gasteiger partial charge >= 0.3 is 6.18 Å². The molecule has 1 heterocycles. The molecule has 7 nitrogen and oxygen atoms in total. The Balaban J connectivity index is 1.45. The predicted molar refractivity (Wildman–Crippen MR) is 104 cm³/mol. The summed E-state index contributed by atoms with van der Waals surface area (Å²) in [6.07, 6.45) is -2.17. The second-order valence-corrected chi connectivity index (χ2v) is 9.29. The highest BCUT2D eigenvalue weighted by Gasteiger charge is 2.29. The van der Waals surface area contributed by atoms with E-state index in [0.29, 0.717) is 44.7 Å². The van der Waals surface area contributed by atoms with E-state index in [1.807, 2.05) is 0 Å². The minimum atomic E-state index is -4.31. The second-order valence-electron chi connectivity index (χ2n) is 7.58. The summed E-state index contributed by atoms with van der Waals surface area (Å²) in [5, 5.41) is 0. The van der Waals surface area contributed by atoms with Crippen molar-refractivity contribution in [1.29, 1.82) is 0 Å². The van der Waals surface area contributed by atoms with Gasteiger partial charge in [-0.2, -0.15) is 13.2 Å². The molecule has 0 aromatic heterocycles. The number of rotatable bonds is 9. The Hall–Kier alpha value is -1.69. The second kappa shape index (κ2) is 9.63. The number of benzene rings is 1. The zero-order valence-electron chi connectivity index (χ0n) is 16.5. The molecule has 30 heavy (non-hydrogen) atoms. The average Bonchev–Trinajstić information content (AvgIpc) is 3.50. The molecule has 1 aromatic rings. The van der Waals surface area contributed by atoms with E-state index in [0.717, 1.165) is 12.8 Å². The molecule has 1 N–H and O–H groups in total. The minimum absolute atomic E-state index is 0.0127. The number of nitrogens with one attached hydrogen (secondary N) is 1. The van der Waals surface area contributed by atoms with Gasteiger partial charge in [-0.25, -0.2) is 13.1 Å². The van der Waals surface area contributed by atoms with Gasteiger partial charge in [0.15, 0.2) is 0 Å². The molecule has 3 rings (SSSR count). The van der Waals surface area contributed by atoms with Gasteiger partial charge in [0.25, 0.3) is 5.91 Å². The smallest absolute Gasteiger partial charge is 0.372 e. The molecule has 1 aliphatic heterocycles. The number of halogens is 3. The Kier molecular flexibility index (Phi) is 7.38. The van der Waals surface area contributed by atoms with Crippen molar-refractivity contribution < 1.29 is 31.1 Å². The molecule has 1 aromatic carbocycles. The van der Waals surface area contributed by atoms with Crippen LogP contribution in [0.25, 0.3) is 0 Å². The van der Waals surface area contributed by atoms with Gasteiger partial charge in [-0.15, -0.1) is 0 Å². The van der Waals surface area contributed by atoms with Crippen molar-refractivity contribution in [2.75, 3.05) is 45.9 Å². The topological polar surface area (TPSA) is 79.0 Å². The zero-order valence-corrected chi connectivity index (χ0v) is 17.3. The van der Waals surface area contributed by atoms with Crippen molar-refractivity contribution in [3.63, 3.8) is 0 Å². The van der Waals surface area contributed by atoms with E-state index in [-0.39, 0.29) is 23.5 Å². The van der Waals surface area contributed by atoms with Crippen molar-refractivity contribution in [3.05, 3.63) is 29.8 Å². The number of sulfonamides is 1. The summed E-state index contributed by atoms with van der Waals surface area (Å²) in [7, 11) is -3.63. The third-order valence-corrected chi connectivity index (χ3v) is 6.50. The number of nitrogens with zero attached hydrogens (tertiary/aromatic N) is 2. The highest BCUT2D eigenvalue weighted by Crippen LogP contribution is 2.23. The van der Waals surface area contributed by atoms with Crippen molar-refractivity contribution in [3.8, 4) is 0 Å². The van der Waals surface area contributed by atoms with Crippen LogP contribution in [0.3, 0.4) is 0 Å². The van der Waals surface area contributed by atoms with Crippen molar-refractivity contribution in [1.82, 2.24) is 14.5 Å². The summed E-state index contributed by atoms with van der Waals surface area (Å²) in [6.45, 7) is 1.55. The van der Waals surface area contributed by atoms with Crippen LogP contribution in [0.15, 0.2) is 29.2 Å². The fourth-order valence-corrected chi connectivity index (χ4v) is 4.57. The molecule has 1 amide bonds. The summed E-state index contributed by atoms with van der Waals surface area (Å²) < 4.78 is 68.0. The lowest BCUT2D eigenvalue weighted by atomic mass is 10.2. The maximum atomic E-state index is 12.8. The summed E-state index contributed by atoms with van der Waals surface area (Å²) >= 11 is 0. The predicted octanol–water partition coefficient (Wildman–Crippen LogP) is 1.85. The molecule has 168 valence electrons. The first-order chi connectivity index (χ1) is 14.1. The quantitative estimate of drug-likeness (QED) is 0.583. The van der Waals surface area contributed by atoms with Crippen LogP contribution >= 0.6 is 0 Å². The van der Waals surface area contributed by atoms with Crippen LogP contribution < -0.4 is 4.72 Å². The zero-order chi connectivity index (χ0) is 21.8. The van der Waals surface area contributed by atoms with Gasteiger partial charge in [-0.05, 0) is 37.5 Å². The van der Waals surface area contributed by atoms with E-state index in [4.69, 9.17) is 0 Å². The highest BCUT2D eigenvalue weighted by molar-refractivity contribution is 7.89. The van der Waals surface area contributed by atoms with Crippen LogP contribution in [0.5, 0.6) is 0 Å². The summed E-state index contributed by atoms with van der Waals surface area (Å²) in [5.41, 5.74) is 0.322. The molecule has 2 aliphatic rings. The molecule has 0 unspecified atom stereocenters. The first-order valence-corrected chi connectivity index (χ1v) is 11.4. The summed E-state index contributed by atoms with van der Waals surface area (Å²) in [5.74, 6) is -0.230. The van der Waals surface area contributed by atoms with Crippen LogP contribution in [0.2, 0.25) is 0 Å². The molecule has 11 heteroatoms. The Morgan fingerprint density at radius 2 is 1.87 bits per heavy atom. The lowest BCUT2D eigenvalue weighted by Crippen LogP contribution is -2.49. The Morgan fingerprint density at radius 1 is 1.17 bits per heavy atom. The van der Waals surface area contributed by atoms with Crippen LogP contribution in [0.4, 0.5) is 13.2 Å². The normalized spacial score (nSPS) is 18.6. The van der Waals surface area contributed by atoms with Crippen LogP contribution in [-0.4, -0.2) is 82.3 Å². The van der Waals surface area contributed by atoms with Gasteiger partial charge in [0.05, 0.1) is 4.90 Å². The molecular weight excluding hydrogens is 423 g/mol. The third kappa shape index (κ3) is 6.93. The molecule has 2 fully saturated rings. The van der Waals surface area contributed by atoms with Gasteiger partial charge in [0, 0.05) is 50.9 Å². The van der Waals surface area contributed by atoms with Gasteiger partial charge in [0.1, 0.15) is 6.61 Å². The number of ether oxygens (including phenoxy) is 1. The molecule has 1 saturated heterocycles. The van der Waals surface area contributed by atoms with Crippen molar-refractivity contribution >= 4 is 15.9 Å². The van der Waals surface area contributed by atoms with Gasteiger partial charge in [-0.3, -0.25) is 9.69 Å². The first-order valence-electron chi connectivity index (χ1n) is 9.92. The molecular formula is C19H26F3N3O4S. The van der Waals surface area contributed by atoms with Crippen LogP contribution in [0, 0.1) is 0 Å². The van der Waals surface area contributed by atoms with Crippen molar-refractivity contribution in [2.24, 2.45) is 0 Å². The number of amides is 1. The Morgan fingerprint density at radius 3 is 2.50 bits per heavy atom. The van der Waals surface area contributed by atoms with Gasteiger partial charge in [-0.1, -0.05) is 6.07 Å². The van der Waals surface area contributed by atoms with E-state index in [9.17, 15) is 26.4 Å². The molecule has 0 atom stereocenters.